The van der Waals surface area contributed by atoms with Gasteiger partial charge in [-0.1, -0.05) is 54.6 Å². The van der Waals surface area contributed by atoms with Crippen molar-refractivity contribution in [2.75, 3.05) is 0 Å². The van der Waals surface area contributed by atoms with E-state index in [1.54, 1.807) is 30.3 Å². The van der Waals surface area contributed by atoms with E-state index in [1.807, 2.05) is 42.5 Å². The molecule has 1 saturated heterocycles. The van der Waals surface area contributed by atoms with Gasteiger partial charge in [-0.25, -0.2) is 0 Å². The van der Waals surface area contributed by atoms with E-state index < -0.39 is 5.97 Å². The van der Waals surface area contributed by atoms with Crippen LogP contribution in [0, 0.1) is 0 Å². The molecule has 0 spiro atoms. The van der Waals surface area contributed by atoms with Crippen molar-refractivity contribution in [1.29, 1.82) is 0 Å². The molecule has 144 valence electrons. The Labute approximate surface area is 172 Å². The van der Waals surface area contributed by atoms with Gasteiger partial charge in [-0.05, 0) is 51.9 Å². The minimum atomic E-state index is -0.396. The molecule has 0 atom stereocenters. The van der Waals surface area contributed by atoms with E-state index in [0.717, 1.165) is 33.7 Å². The molecule has 4 rings (SSSR count). The van der Waals surface area contributed by atoms with Crippen molar-refractivity contribution in [3.05, 3.63) is 82.8 Å². The molecule has 0 aliphatic carbocycles. The zero-order valence-corrected chi connectivity index (χ0v) is 16.4. The Morgan fingerprint density at radius 3 is 2.48 bits per heavy atom. The highest BCUT2D eigenvalue weighted by atomic mass is 32.2. The molecular formula is C23H17NO4S. The minimum absolute atomic E-state index is 0.231. The highest BCUT2D eigenvalue weighted by Crippen LogP contribution is 2.34. The van der Waals surface area contributed by atoms with E-state index in [1.165, 1.54) is 11.8 Å². The standard InChI is InChI=1S/C23H17NO4S/c1-15(25)28-19-11-9-16(10-12-19)13-21-22(26)24(23(27)29-21)14-18-7-4-6-17-5-2-3-8-20(17)18/h2-13H,14H2,1H3/b21-13+. The number of carbonyl (C=O) groups is 3. The number of ether oxygens (including phenoxy) is 1. The van der Waals surface area contributed by atoms with Gasteiger partial charge < -0.3 is 4.74 Å². The lowest BCUT2D eigenvalue weighted by Crippen LogP contribution is -2.27. The van der Waals surface area contributed by atoms with Crippen molar-refractivity contribution in [3.63, 3.8) is 0 Å². The molecule has 3 aromatic rings. The number of imide groups is 1. The maximum absolute atomic E-state index is 12.8. The number of hydrogen-bond donors (Lipinski definition) is 0. The van der Waals surface area contributed by atoms with Crippen LogP contribution in [0.2, 0.25) is 0 Å². The molecule has 1 heterocycles. The monoisotopic (exact) mass is 403 g/mol. The average molecular weight is 403 g/mol. The number of esters is 1. The number of carbonyl (C=O) groups excluding carboxylic acids is 3. The van der Waals surface area contributed by atoms with E-state index in [4.69, 9.17) is 4.74 Å². The smallest absolute Gasteiger partial charge is 0.308 e. The summed E-state index contributed by atoms with van der Waals surface area (Å²) in [6.07, 6.45) is 1.67. The van der Waals surface area contributed by atoms with Crippen molar-refractivity contribution < 1.29 is 19.1 Å². The van der Waals surface area contributed by atoms with Crippen LogP contribution in [0.5, 0.6) is 5.75 Å². The molecule has 1 aliphatic rings. The number of fused-ring (bicyclic) bond motifs is 1. The van der Waals surface area contributed by atoms with Crippen LogP contribution in [0.1, 0.15) is 18.1 Å². The van der Waals surface area contributed by atoms with Crippen molar-refractivity contribution in [2.24, 2.45) is 0 Å². The molecule has 6 heteroatoms. The summed E-state index contributed by atoms with van der Waals surface area (Å²) in [5.41, 5.74) is 1.67. The molecule has 0 N–H and O–H groups in total. The minimum Gasteiger partial charge on any atom is -0.427 e. The second kappa shape index (κ2) is 7.93. The Bertz CT molecular complexity index is 1150. The Balaban J connectivity index is 1.55. The lowest BCUT2D eigenvalue weighted by Gasteiger charge is -2.14. The lowest BCUT2D eigenvalue weighted by atomic mass is 10.0. The quantitative estimate of drug-likeness (QED) is 0.348. The van der Waals surface area contributed by atoms with E-state index in [0.29, 0.717) is 10.7 Å². The van der Waals surface area contributed by atoms with E-state index in [2.05, 4.69) is 0 Å². The SMILES string of the molecule is CC(=O)Oc1ccc(/C=C2/SC(=O)N(Cc3cccc4ccccc34)C2=O)cc1. The molecule has 1 aliphatic heterocycles. The molecule has 3 aromatic carbocycles. The van der Waals surface area contributed by atoms with E-state index in [9.17, 15) is 14.4 Å². The fourth-order valence-corrected chi connectivity index (χ4v) is 4.02. The molecular weight excluding hydrogens is 386 g/mol. The van der Waals surface area contributed by atoms with Gasteiger partial charge >= 0.3 is 5.97 Å². The fraction of sp³-hybridized carbons (Fsp3) is 0.0870. The summed E-state index contributed by atoms with van der Waals surface area (Å²) in [5.74, 6) is -0.275. The normalized spacial score (nSPS) is 15.3. The molecule has 0 aromatic heterocycles. The molecule has 29 heavy (non-hydrogen) atoms. The fourth-order valence-electron chi connectivity index (χ4n) is 3.19. The van der Waals surface area contributed by atoms with Gasteiger partial charge in [-0.15, -0.1) is 0 Å². The third-order valence-corrected chi connectivity index (χ3v) is 5.43. The van der Waals surface area contributed by atoms with Gasteiger partial charge in [0.2, 0.25) is 0 Å². The van der Waals surface area contributed by atoms with Gasteiger partial charge in [0.15, 0.2) is 0 Å². The predicted octanol–water partition coefficient (Wildman–Crippen LogP) is 5.00. The maximum atomic E-state index is 12.8. The molecule has 0 radical (unpaired) electrons. The first-order valence-electron chi connectivity index (χ1n) is 9.02. The summed E-state index contributed by atoms with van der Waals surface area (Å²) < 4.78 is 5.00. The highest BCUT2D eigenvalue weighted by molar-refractivity contribution is 8.18. The van der Waals surface area contributed by atoms with Crippen molar-refractivity contribution in [3.8, 4) is 5.75 Å². The van der Waals surface area contributed by atoms with Crippen molar-refractivity contribution in [2.45, 2.75) is 13.5 Å². The molecule has 0 saturated carbocycles. The van der Waals surface area contributed by atoms with Gasteiger partial charge in [0.05, 0.1) is 11.4 Å². The van der Waals surface area contributed by atoms with Crippen LogP contribution in [0.25, 0.3) is 16.8 Å². The number of nitrogens with zero attached hydrogens (tertiary/aromatic N) is 1. The third-order valence-electron chi connectivity index (χ3n) is 4.52. The highest BCUT2D eigenvalue weighted by Gasteiger charge is 2.35. The van der Waals surface area contributed by atoms with Gasteiger partial charge in [0.25, 0.3) is 11.1 Å². The predicted molar refractivity (Wildman–Crippen MR) is 113 cm³/mol. The summed E-state index contributed by atoms with van der Waals surface area (Å²) in [4.78, 5) is 37.9. The van der Waals surface area contributed by atoms with Crippen LogP contribution >= 0.6 is 11.8 Å². The number of amides is 2. The van der Waals surface area contributed by atoms with Crippen LogP contribution in [0.15, 0.2) is 71.6 Å². The summed E-state index contributed by atoms with van der Waals surface area (Å²) in [6, 6.07) is 20.5. The first-order valence-corrected chi connectivity index (χ1v) is 9.83. The first-order chi connectivity index (χ1) is 14.0. The largest absolute Gasteiger partial charge is 0.427 e. The Morgan fingerprint density at radius 1 is 1.00 bits per heavy atom. The van der Waals surface area contributed by atoms with Gasteiger partial charge in [0, 0.05) is 6.92 Å². The summed E-state index contributed by atoms with van der Waals surface area (Å²) in [6.45, 7) is 1.56. The summed E-state index contributed by atoms with van der Waals surface area (Å²) >= 11 is 0.929. The number of hydrogen-bond acceptors (Lipinski definition) is 5. The van der Waals surface area contributed by atoms with Gasteiger partial charge in [-0.2, -0.15) is 0 Å². The molecule has 5 nitrogen and oxygen atoms in total. The summed E-state index contributed by atoms with van der Waals surface area (Å²) in [7, 11) is 0. The lowest BCUT2D eigenvalue weighted by molar-refractivity contribution is -0.131. The van der Waals surface area contributed by atoms with Crippen LogP contribution in [0.3, 0.4) is 0 Å². The van der Waals surface area contributed by atoms with Crippen LogP contribution in [-0.4, -0.2) is 22.0 Å². The second-order valence-corrected chi connectivity index (χ2v) is 7.56. The zero-order chi connectivity index (χ0) is 20.4. The van der Waals surface area contributed by atoms with Crippen LogP contribution in [-0.2, 0) is 16.1 Å². The van der Waals surface area contributed by atoms with E-state index >= 15 is 0 Å². The maximum Gasteiger partial charge on any atom is 0.308 e. The van der Waals surface area contributed by atoms with Gasteiger partial charge in [-0.3, -0.25) is 19.3 Å². The second-order valence-electron chi connectivity index (χ2n) is 6.57. The Kier molecular flexibility index (Phi) is 5.18. The molecule has 2 amide bonds. The van der Waals surface area contributed by atoms with Crippen molar-refractivity contribution in [1.82, 2.24) is 4.90 Å². The topological polar surface area (TPSA) is 63.7 Å². The summed E-state index contributed by atoms with van der Waals surface area (Å²) in [5, 5.41) is 1.81. The van der Waals surface area contributed by atoms with Crippen LogP contribution < -0.4 is 4.74 Å². The van der Waals surface area contributed by atoms with Gasteiger partial charge in [0.1, 0.15) is 5.75 Å². The van der Waals surface area contributed by atoms with E-state index in [-0.39, 0.29) is 17.7 Å². The Morgan fingerprint density at radius 2 is 1.72 bits per heavy atom. The Hall–Kier alpha value is -3.38. The number of benzene rings is 3. The molecule has 0 unspecified atom stereocenters. The molecule has 0 bridgehead atoms. The third kappa shape index (κ3) is 4.07. The number of thioether (sulfide) groups is 1. The first kappa shape index (κ1) is 19.0. The molecule has 1 fully saturated rings. The number of rotatable bonds is 4. The van der Waals surface area contributed by atoms with Crippen molar-refractivity contribution >= 4 is 45.7 Å². The average Bonchev–Trinajstić information content (AvgIpc) is 2.97. The zero-order valence-electron chi connectivity index (χ0n) is 15.6. The van der Waals surface area contributed by atoms with Crippen LogP contribution in [0.4, 0.5) is 4.79 Å².